The van der Waals surface area contributed by atoms with E-state index in [1.807, 2.05) is 0 Å². The van der Waals surface area contributed by atoms with Gasteiger partial charge in [-0.15, -0.1) is 0 Å². The van der Waals surface area contributed by atoms with E-state index < -0.39 is 0 Å². The van der Waals surface area contributed by atoms with Crippen LogP contribution >= 0.6 is 0 Å². The second kappa shape index (κ2) is 17.6. The van der Waals surface area contributed by atoms with Gasteiger partial charge in [-0.2, -0.15) is 0 Å². The van der Waals surface area contributed by atoms with Gasteiger partial charge in [0, 0.05) is 44.0 Å². The van der Waals surface area contributed by atoms with Crippen molar-refractivity contribution < 1.29 is 38.5 Å². The van der Waals surface area contributed by atoms with Crippen molar-refractivity contribution in [2.24, 2.45) is 0 Å². The van der Waals surface area contributed by atoms with Crippen molar-refractivity contribution in [3.63, 3.8) is 0 Å². The Morgan fingerprint density at radius 2 is 1.25 bits per heavy atom. The molecule has 0 heterocycles. The van der Waals surface area contributed by atoms with Gasteiger partial charge in [0.15, 0.2) is 17.4 Å². The van der Waals surface area contributed by atoms with Crippen molar-refractivity contribution in [3.05, 3.63) is 0 Å². The molecule has 0 bridgehead atoms. The molecule has 0 aliphatic heterocycles. The van der Waals surface area contributed by atoms with Crippen molar-refractivity contribution in [3.8, 4) is 0 Å². The molecular formula is H5AlBLaMg. The molecule has 4 radical (unpaired) electrons. The molecule has 0 aromatic carbocycles. The minimum absolute atomic E-state index is 0. The molecule has 0 unspecified atom stereocenters. The fourth-order valence-corrected chi connectivity index (χ4v) is 0. The van der Waals surface area contributed by atoms with Gasteiger partial charge in [0.25, 0.3) is 0 Å². The summed E-state index contributed by atoms with van der Waals surface area (Å²) in [7, 11) is 0. The number of rotatable bonds is 0. The summed E-state index contributed by atoms with van der Waals surface area (Å²) in [4.78, 5) is 0. The summed E-state index contributed by atoms with van der Waals surface area (Å²) in [5, 5.41) is 0. The SMILES string of the molecule is [AlH3].[B].[H-].[H-].[La].[Mg+2]. The first-order valence-corrected chi connectivity index (χ1v) is 0. The molecule has 0 aliphatic carbocycles. The molecule has 0 saturated heterocycles. The van der Waals surface area contributed by atoms with Crippen molar-refractivity contribution in [2.75, 3.05) is 0 Å². The van der Waals surface area contributed by atoms with E-state index in [1.54, 1.807) is 0 Å². The van der Waals surface area contributed by atoms with Crippen LogP contribution < -0.4 is 0 Å². The van der Waals surface area contributed by atoms with Crippen LogP contribution in [0.5, 0.6) is 0 Å². The van der Waals surface area contributed by atoms with Gasteiger partial charge in [-0.3, -0.25) is 0 Å². The van der Waals surface area contributed by atoms with Gasteiger partial charge in [-0.25, -0.2) is 0 Å². The molecule has 4 heavy (non-hydrogen) atoms. The molecular weight excluding hydrogens is 201 g/mol. The molecule has 0 rings (SSSR count). The van der Waals surface area contributed by atoms with Crippen LogP contribution in [0.3, 0.4) is 0 Å². The molecule has 0 aromatic heterocycles. The van der Waals surface area contributed by atoms with Crippen LogP contribution in [0.15, 0.2) is 0 Å². The standard InChI is InChI=1S/Al.B.La.Mg.5H/q;;;+2;;;;2*-1. The first-order valence-electron chi connectivity index (χ1n) is 0. The topological polar surface area (TPSA) is 0 Å². The van der Waals surface area contributed by atoms with Crippen LogP contribution in [0, 0.1) is 35.6 Å². The number of hydrogen-bond acceptors (Lipinski definition) is 0. The van der Waals surface area contributed by atoms with Crippen molar-refractivity contribution >= 4 is 48.8 Å². The zero-order valence-corrected chi connectivity index (χ0v) is 6.90. The third kappa shape index (κ3) is 8.82. The fourth-order valence-electron chi connectivity index (χ4n) is 0. The molecule has 0 aromatic rings. The van der Waals surface area contributed by atoms with E-state index >= 15 is 0 Å². The summed E-state index contributed by atoms with van der Waals surface area (Å²) >= 11 is 0. The second-order valence-electron chi connectivity index (χ2n) is 0. The van der Waals surface area contributed by atoms with Crippen molar-refractivity contribution in [1.82, 2.24) is 0 Å². The minimum Gasteiger partial charge on any atom is -1.00 e. The third-order valence-corrected chi connectivity index (χ3v) is 0. The van der Waals surface area contributed by atoms with Gasteiger partial charge < -0.3 is 2.85 Å². The van der Waals surface area contributed by atoms with Crippen LogP contribution in [-0.2, 0) is 0 Å². The molecule has 4 heteroatoms. The van der Waals surface area contributed by atoms with Gasteiger partial charge >= 0.3 is 23.1 Å². The maximum Gasteiger partial charge on any atom is 2.00 e. The van der Waals surface area contributed by atoms with Gasteiger partial charge in [0.05, 0.1) is 0 Å². The van der Waals surface area contributed by atoms with E-state index in [2.05, 4.69) is 0 Å². The zero-order chi connectivity index (χ0) is 0. The molecule has 0 aliphatic rings. The molecule has 0 nitrogen and oxygen atoms in total. The average molecular weight is 206 g/mol. The summed E-state index contributed by atoms with van der Waals surface area (Å²) in [6.07, 6.45) is 0. The largest absolute Gasteiger partial charge is 2.00 e. The Morgan fingerprint density at radius 1 is 1.25 bits per heavy atom. The average Bonchev–Trinajstić information content (AvgIpc) is 0. The van der Waals surface area contributed by atoms with Crippen molar-refractivity contribution in [1.29, 1.82) is 0 Å². The van der Waals surface area contributed by atoms with E-state index in [1.165, 1.54) is 0 Å². The quantitative estimate of drug-likeness (QED) is 0.413. The van der Waals surface area contributed by atoms with Crippen LogP contribution in [0.25, 0.3) is 0 Å². The van der Waals surface area contributed by atoms with Gasteiger partial charge in [-0.05, 0) is 0 Å². The maximum atomic E-state index is 0. The van der Waals surface area contributed by atoms with Gasteiger partial charge in [0.1, 0.15) is 0 Å². The summed E-state index contributed by atoms with van der Waals surface area (Å²) in [6, 6.07) is 0. The molecule has 16 valence electrons. The Labute approximate surface area is 85.9 Å². The first-order chi connectivity index (χ1) is 0. The Bertz CT molecular complexity index is 13.5. The minimum atomic E-state index is 0. The Kier molecular flexibility index (Phi) is 137. The van der Waals surface area contributed by atoms with E-state index in [4.69, 9.17) is 0 Å². The molecule has 0 atom stereocenters. The molecule has 0 spiro atoms. The molecule has 0 saturated carbocycles. The van der Waals surface area contributed by atoms with E-state index in [-0.39, 0.29) is 87.3 Å². The normalized spacial score (nSPS) is 0. The summed E-state index contributed by atoms with van der Waals surface area (Å²) in [6.45, 7) is 0. The number of hydrogen-bond donors (Lipinski definition) is 0. The van der Waals surface area contributed by atoms with Gasteiger partial charge in [0.2, 0.25) is 0 Å². The fraction of sp³-hybridized carbons (Fsp3) is 0. The van der Waals surface area contributed by atoms with Crippen molar-refractivity contribution in [2.45, 2.75) is 0 Å². The van der Waals surface area contributed by atoms with Crippen LogP contribution in [0.2, 0.25) is 0 Å². The molecule has 0 N–H and O–H groups in total. The van der Waals surface area contributed by atoms with Crippen LogP contribution in [-0.4, -0.2) is 48.8 Å². The summed E-state index contributed by atoms with van der Waals surface area (Å²) < 4.78 is 0. The summed E-state index contributed by atoms with van der Waals surface area (Å²) in [5.74, 6) is 0. The smallest absolute Gasteiger partial charge is 1.00 e. The monoisotopic (exact) mass is 206 g/mol. The predicted molar refractivity (Wildman–Crippen MR) is 23.7 cm³/mol. The third-order valence-electron chi connectivity index (χ3n) is 0. The Balaban J connectivity index is 0. The van der Waals surface area contributed by atoms with E-state index in [9.17, 15) is 0 Å². The first kappa shape index (κ1) is 31.0. The Morgan fingerprint density at radius 3 is 1.25 bits per heavy atom. The molecule has 0 amide bonds. The van der Waals surface area contributed by atoms with Gasteiger partial charge in [-0.1, -0.05) is 0 Å². The van der Waals surface area contributed by atoms with Crippen LogP contribution in [0.4, 0.5) is 0 Å². The zero-order valence-electron chi connectivity index (χ0n) is 3.86. The predicted octanol–water partition coefficient (Wildman–Crippen LogP) is -1.72. The van der Waals surface area contributed by atoms with E-state index in [0.717, 1.165) is 0 Å². The van der Waals surface area contributed by atoms with Crippen LogP contribution in [0.1, 0.15) is 2.85 Å². The van der Waals surface area contributed by atoms with E-state index in [0.29, 0.717) is 0 Å². The maximum absolute atomic E-state index is 0. The molecule has 0 fully saturated rings. The Hall–Kier alpha value is 2.56. The summed E-state index contributed by atoms with van der Waals surface area (Å²) in [5.41, 5.74) is 0. The second-order valence-corrected chi connectivity index (χ2v) is 0.